The number of benzene rings is 2. The van der Waals surface area contributed by atoms with Crippen molar-refractivity contribution in [2.45, 2.75) is 32.1 Å². The summed E-state index contributed by atoms with van der Waals surface area (Å²) in [4.78, 5) is 22.0. The number of hydrogen-bond donors (Lipinski definition) is 1. The molecular formula is C29H29ClF3N5O3. The van der Waals surface area contributed by atoms with E-state index in [1.165, 1.54) is 14.0 Å². The van der Waals surface area contributed by atoms with Crippen molar-refractivity contribution in [3.05, 3.63) is 82.1 Å². The Bertz CT molecular complexity index is 1570. The van der Waals surface area contributed by atoms with Gasteiger partial charge in [0, 0.05) is 41.8 Å². The number of hydrogen-bond acceptors (Lipinski definition) is 6. The van der Waals surface area contributed by atoms with Gasteiger partial charge < -0.3 is 14.7 Å². The zero-order valence-electron chi connectivity index (χ0n) is 22.7. The molecule has 1 aliphatic rings. The highest BCUT2D eigenvalue weighted by Gasteiger charge is 2.39. The van der Waals surface area contributed by atoms with Gasteiger partial charge in [-0.15, -0.1) is 0 Å². The first-order chi connectivity index (χ1) is 19.5. The van der Waals surface area contributed by atoms with Crippen molar-refractivity contribution < 1.29 is 27.8 Å². The number of rotatable bonds is 6. The second kappa shape index (κ2) is 11.3. The SMILES string of the molecule is COc1ccc(-c2nc3c(C(=O)N4CCN(C(CO)c5cccc(Cl)c5)C[C@H]4C)cnn3c(C(F)(F)F)c2C)cc1. The number of halogens is 4. The number of aromatic nitrogens is 3. The second-order valence-corrected chi connectivity index (χ2v) is 10.5. The van der Waals surface area contributed by atoms with Crippen LogP contribution >= 0.6 is 11.6 Å². The Labute approximate surface area is 239 Å². The largest absolute Gasteiger partial charge is 0.497 e. The number of aliphatic hydroxyl groups is 1. The molecule has 1 fully saturated rings. The molecule has 0 bridgehead atoms. The minimum absolute atomic E-state index is 0.0147. The predicted molar refractivity (Wildman–Crippen MR) is 148 cm³/mol. The third-order valence-electron chi connectivity index (χ3n) is 7.51. The molecule has 1 N–H and O–H groups in total. The molecule has 1 saturated heterocycles. The number of methoxy groups -OCH3 is 1. The quantitative estimate of drug-likeness (QED) is 0.331. The number of ether oxygens (including phenoxy) is 1. The van der Waals surface area contributed by atoms with E-state index in [-0.39, 0.29) is 41.2 Å². The van der Waals surface area contributed by atoms with Gasteiger partial charge in [-0.25, -0.2) is 9.50 Å². The Balaban J connectivity index is 1.49. The molecule has 1 aliphatic heterocycles. The molecule has 8 nitrogen and oxygen atoms in total. The first-order valence-electron chi connectivity index (χ1n) is 13.0. The van der Waals surface area contributed by atoms with Gasteiger partial charge in [-0.3, -0.25) is 9.69 Å². The van der Waals surface area contributed by atoms with Crippen molar-refractivity contribution in [1.82, 2.24) is 24.4 Å². The maximum atomic E-state index is 14.3. The maximum absolute atomic E-state index is 14.3. The van der Waals surface area contributed by atoms with E-state index in [1.807, 2.05) is 19.1 Å². The van der Waals surface area contributed by atoms with Gasteiger partial charge in [0.25, 0.3) is 5.91 Å². The van der Waals surface area contributed by atoms with Crippen molar-refractivity contribution in [3.8, 4) is 17.0 Å². The van der Waals surface area contributed by atoms with Gasteiger partial charge in [0.1, 0.15) is 11.3 Å². The van der Waals surface area contributed by atoms with Crippen molar-refractivity contribution in [1.29, 1.82) is 0 Å². The van der Waals surface area contributed by atoms with Crippen LogP contribution in [0.4, 0.5) is 13.2 Å². The molecule has 2 aromatic heterocycles. The Morgan fingerprint density at radius 3 is 2.54 bits per heavy atom. The highest BCUT2D eigenvalue weighted by molar-refractivity contribution is 6.30. The summed E-state index contributed by atoms with van der Waals surface area (Å²) in [5, 5.41) is 14.7. The van der Waals surface area contributed by atoms with E-state index in [0.717, 1.165) is 11.8 Å². The Morgan fingerprint density at radius 1 is 1.20 bits per heavy atom. The molecule has 5 rings (SSSR count). The Kier molecular flexibility index (Phi) is 7.95. The van der Waals surface area contributed by atoms with E-state index in [0.29, 0.717) is 40.5 Å². The van der Waals surface area contributed by atoms with Gasteiger partial charge in [-0.2, -0.15) is 18.3 Å². The van der Waals surface area contributed by atoms with Crippen LogP contribution in [0.2, 0.25) is 5.02 Å². The smallest absolute Gasteiger partial charge is 0.433 e. The van der Waals surface area contributed by atoms with Crippen molar-refractivity contribution in [2.24, 2.45) is 0 Å². The fourth-order valence-corrected chi connectivity index (χ4v) is 5.66. The van der Waals surface area contributed by atoms with Crippen LogP contribution in [0.3, 0.4) is 0 Å². The maximum Gasteiger partial charge on any atom is 0.433 e. The molecule has 12 heteroatoms. The number of aliphatic hydroxyl groups excluding tert-OH is 1. The summed E-state index contributed by atoms with van der Waals surface area (Å²) in [6.45, 7) is 4.27. The molecule has 4 aromatic rings. The van der Waals surface area contributed by atoms with E-state index >= 15 is 0 Å². The van der Waals surface area contributed by atoms with E-state index in [2.05, 4.69) is 15.0 Å². The summed E-state index contributed by atoms with van der Waals surface area (Å²) in [5.74, 6) is 0.0938. The fraction of sp³-hybridized carbons (Fsp3) is 0.345. The third-order valence-corrected chi connectivity index (χ3v) is 7.75. The fourth-order valence-electron chi connectivity index (χ4n) is 5.46. The molecule has 216 valence electrons. The number of carbonyl (C=O) groups is 1. The molecule has 0 saturated carbocycles. The van der Waals surface area contributed by atoms with Crippen molar-refractivity contribution >= 4 is 23.2 Å². The molecule has 3 heterocycles. The van der Waals surface area contributed by atoms with Gasteiger partial charge in [0.2, 0.25) is 0 Å². The molecule has 0 spiro atoms. The number of piperazine rings is 1. The van der Waals surface area contributed by atoms with E-state index in [9.17, 15) is 23.1 Å². The Hall–Kier alpha value is -3.67. The van der Waals surface area contributed by atoms with E-state index in [4.69, 9.17) is 16.3 Å². The van der Waals surface area contributed by atoms with Crippen LogP contribution in [0, 0.1) is 6.92 Å². The monoisotopic (exact) mass is 587 g/mol. The number of alkyl halides is 3. The molecule has 1 amide bonds. The van der Waals surface area contributed by atoms with Crippen LogP contribution in [0.5, 0.6) is 5.75 Å². The second-order valence-electron chi connectivity index (χ2n) is 10.0. The standard InChI is InChI=1S/C29H29ClF3N5O3/c1-17-15-36(24(16-39)20-5-4-6-21(30)13-20)11-12-37(17)28(40)23-14-34-38-26(29(31,32)33)18(2)25(35-27(23)38)19-7-9-22(41-3)10-8-19/h4-10,13-14,17,24,39H,11-12,15-16H2,1-3H3/t17-,24?/m1/s1. The molecule has 0 aliphatic carbocycles. The zero-order chi connectivity index (χ0) is 29.5. The normalized spacial score (nSPS) is 17.2. The summed E-state index contributed by atoms with van der Waals surface area (Å²) in [5.41, 5.74) is 0.147. The van der Waals surface area contributed by atoms with Crippen LogP contribution in [0.15, 0.2) is 54.7 Å². The number of nitrogens with zero attached hydrogens (tertiary/aromatic N) is 5. The number of amides is 1. The highest BCUT2D eigenvalue weighted by atomic mass is 35.5. The van der Waals surface area contributed by atoms with Crippen molar-refractivity contribution in [3.63, 3.8) is 0 Å². The van der Waals surface area contributed by atoms with Crippen LogP contribution in [0.1, 0.15) is 40.1 Å². The highest BCUT2D eigenvalue weighted by Crippen LogP contribution is 2.37. The van der Waals surface area contributed by atoms with Gasteiger partial charge in [0.15, 0.2) is 11.3 Å². The summed E-state index contributed by atoms with van der Waals surface area (Å²) in [7, 11) is 1.50. The van der Waals surface area contributed by atoms with Crippen LogP contribution in [-0.4, -0.2) is 74.8 Å². The average Bonchev–Trinajstić information content (AvgIpc) is 3.35. The lowest BCUT2D eigenvalue weighted by Gasteiger charge is -2.43. The van der Waals surface area contributed by atoms with E-state index < -0.39 is 17.8 Å². The average molecular weight is 588 g/mol. The van der Waals surface area contributed by atoms with Gasteiger partial charge in [0.05, 0.1) is 31.6 Å². The molecule has 1 unspecified atom stereocenters. The third kappa shape index (κ3) is 5.49. The summed E-state index contributed by atoms with van der Waals surface area (Å²) < 4.78 is 48.8. The summed E-state index contributed by atoms with van der Waals surface area (Å²) in [6, 6.07) is 13.2. The van der Waals surface area contributed by atoms with Gasteiger partial charge >= 0.3 is 6.18 Å². The van der Waals surface area contributed by atoms with E-state index in [1.54, 1.807) is 41.3 Å². The van der Waals surface area contributed by atoms with Gasteiger partial charge in [-0.1, -0.05) is 23.7 Å². The molecule has 2 aromatic carbocycles. The minimum atomic E-state index is -4.74. The zero-order valence-corrected chi connectivity index (χ0v) is 23.4. The summed E-state index contributed by atoms with van der Waals surface area (Å²) in [6.07, 6.45) is -3.59. The van der Waals surface area contributed by atoms with Crippen molar-refractivity contribution in [2.75, 3.05) is 33.4 Å². The molecule has 0 radical (unpaired) electrons. The van der Waals surface area contributed by atoms with Crippen LogP contribution in [0.25, 0.3) is 16.9 Å². The topological polar surface area (TPSA) is 83.2 Å². The molecule has 2 atom stereocenters. The number of carbonyl (C=O) groups excluding carboxylic acids is 1. The lowest BCUT2D eigenvalue weighted by Crippen LogP contribution is -2.55. The molecule has 41 heavy (non-hydrogen) atoms. The van der Waals surface area contributed by atoms with Crippen LogP contribution in [-0.2, 0) is 6.18 Å². The van der Waals surface area contributed by atoms with Gasteiger partial charge in [-0.05, 0) is 55.8 Å². The first kappa shape index (κ1) is 28.8. The molecular weight excluding hydrogens is 559 g/mol. The van der Waals surface area contributed by atoms with Crippen LogP contribution < -0.4 is 4.74 Å². The lowest BCUT2D eigenvalue weighted by atomic mass is 10.0. The predicted octanol–water partition coefficient (Wildman–Crippen LogP) is 5.27. The lowest BCUT2D eigenvalue weighted by molar-refractivity contribution is -0.143. The number of fused-ring (bicyclic) bond motifs is 1. The summed E-state index contributed by atoms with van der Waals surface area (Å²) >= 11 is 6.15. The Morgan fingerprint density at radius 2 is 1.93 bits per heavy atom. The minimum Gasteiger partial charge on any atom is -0.497 e. The first-order valence-corrected chi connectivity index (χ1v) is 13.4.